The molecule has 0 bridgehead atoms. The van der Waals surface area contributed by atoms with E-state index in [1.165, 1.54) is 19.3 Å². The number of nitrogen functional groups attached to an aromatic ring is 1. The number of rotatable bonds is 4. The summed E-state index contributed by atoms with van der Waals surface area (Å²) in [5.41, 5.74) is 5.61. The maximum absolute atomic E-state index is 5.61. The number of hydrogen-bond acceptors (Lipinski definition) is 5. The molecule has 0 spiro atoms. The molecule has 0 aliphatic heterocycles. The maximum atomic E-state index is 5.61. The molecular weight excluding hydrogens is 300 g/mol. The van der Waals surface area contributed by atoms with Crippen LogP contribution in [0.25, 0.3) is 0 Å². The van der Waals surface area contributed by atoms with Crippen LogP contribution in [0.2, 0.25) is 0 Å². The topological polar surface area (TPSA) is 63.8 Å². The van der Waals surface area contributed by atoms with Crippen LogP contribution in [0.5, 0.6) is 0 Å². The van der Waals surface area contributed by atoms with Gasteiger partial charge in [0.2, 0.25) is 5.95 Å². The zero-order chi connectivity index (χ0) is 12.3. The molecule has 1 saturated carbocycles. The van der Waals surface area contributed by atoms with Gasteiger partial charge in [0.1, 0.15) is 5.82 Å². The average Bonchev–Trinajstić information content (AvgIpc) is 2.72. The van der Waals surface area contributed by atoms with Gasteiger partial charge in [-0.05, 0) is 34.5 Å². The highest BCUT2D eigenvalue weighted by Gasteiger charge is 2.27. The Bertz CT molecular complexity index is 388. The molecule has 2 unspecified atom stereocenters. The summed E-state index contributed by atoms with van der Waals surface area (Å²) >= 11 is 5.47. The minimum atomic E-state index is 0.313. The minimum absolute atomic E-state index is 0.313. The SMILES string of the molecule is CCSC1CCCC1Nc1nc(N)ncc1Br. The van der Waals surface area contributed by atoms with Gasteiger partial charge in [0.05, 0.1) is 4.47 Å². The number of aromatic nitrogens is 2. The summed E-state index contributed by atoms with van der Waals surface area (Å²) in [6, 6.07) is 0.491. The van der Waals surface area contributed by atoms with E-state index in [4.69, 9.17) is 5.73 Å². The van der Waals surface area contributed by atoms with Crippen molar-refractivity contribution in [3.63, 3.8) is 0 Å². The summed E-state index contributed by atoms with van der Waals surface area (Å²) in [7, 11) is 0. The Morgan fingerprint density at radius 2 is 2.41 bits per heavy atom. The molecule has 4 nitrogen and oxygen atoms in total. The highest BCUT2D eigenvalue weighted by molar-refractivity contribution is 9.10. The van der Waals surface area contributed by atoms with E-state index in [2.05, 4.69) is 38.1 Å². The first-order valence-electron chi connectivity index (χ1n) is 5.87. The van der Waals surface area contributed by atoms with Gasteiger partial charge in [-0.25, -0.2) is 4.98 Å². The summed E-state index contributed by atoms with van der Waals surface area (Å²) in [5, 5.41) is 4.17. The lowest BCUT2D eigenvalue weighted by molar-refractivity contribution is 0.761. The van der Waals surface area contributed by atoms with Crippen molar-refractivity contribution in [2.24, 2.45) is 0 Å². The number of halogens is 1. The van der Waals surface area contributed by atoms with Crippen LogP contribution in [0, 0.1) is 0 Å². The fourth-order valence-electron chi connectivity index (χ4n) is 2.16. The Hall–Kier alpha value is -0.490. The van der Waals surface area contributed by atoms with Crippen LogP contribution in [0.1, 0.15) is 26.2 Å². The van der Waals surface area contributed by atoms with E-state index in [-0.39, 0.29) is 0 Å². The van der Waals surface area contributed by atoms with Crippen molar-refractivity contribution in [1.82, 2.24) is 9.97 Å². The average molecular weight is 317 g/mol. The van der Waals surface area contributed by atoms with Gasteiger partial charge in [-0.1, -0.05) is 13.3 Å². The summed E-state index contributed by atoms with van der Waals surface area (Å²) in [4.78, 5) is 8.17. The molecular formula is C11H17BrN4S. The molecule has 2 rings (SSSR count). The molecule has 1 heterocycles. The lowest BCUT2D eigenvalue weighted by Gasteiger charge is -2.21. The molecule has 94 valence electrons. The fourth-order valence-corrected chi connectivity index (χ4v) is 3.67. The van der Waals surface area contributed by atoms with Crippen molar-refractivity contribution in [1.29, 1.82) is 0 Å². The number of nitrogens with two attached hydrogens (primary N) is 1. The first-order chi connectivity index (χ1) is 8.20. The lowest BCUT2D eigenvalue weighted by Crippen LogP contribution is -2.27. The van der Waals surface area contributed by atoms with Gasteiger partial charge in [-0.2, -0.15) is 16.7 Å². The van der Waals surface area contributed by atoms with E-state index in [1.807, 2.05) is 11.8 Å². The molecule has 2 atom stereocenters. The third-order valence-electron chi connectivity index (χ3n) is 2.92. The largest absolute Gasteiger partial charge is 0.368 e. The highest BCUT2D eigenvalue weighted by atomic mass is 79.9. The quantitative estimate of drug-likeness (QED) is 0.894. The number of thioether (sulfide) groups is 1. The number of nitrogens with zero attached hydrogens (tertiary/aromatic N) is 2. The van der Waals surface area contributed by atoms with Crippen LogP contribution in [-0.4, -0.2) is 27.0 Å². The molecule has 0 aromatic carbocycles. The number of nitrogens with one attached hydrogen (secondary N) is 1. The van der Waals surface area contributed by atoms with Crippen molar-refractivity contribution in [2.75, 3.05) is 16.8 Å². The molecule has 0 amide bonds. The molecule has 1 aliphatic carbocycles. The van der Waals surface area contributed by atoms with Crippen LogP contribution in [-0.2, 0) is 0 Å². The summed E-state index contributed by atoms with van der Waals surface area (Å²) < 4.78 is 0.874. The monoisotopic (exact) mass is 316 g/mol. The zero-order valence-electron chi connectivity index (χ0n) is 9.82. The summed E-state index contributed by atoms with van der Waals surface area (Å²) in [6.07, 6.45) is 5.47. The van der Waals surface area contributed by atoms with E-state index < -0.39 is 0 Å². The predicted octanol–water partition coefficient (Wildman–Crippen LogP) is 2.91. The van der Waals surface area contributed by atoms with Gasteiger partial charge in [-0.15, -0.1) is 0 Å². The Morgan fingerprint density at radius 3 is 3.18 bits per heavy atom. The smallest absolute Gasteiger partial charge is 0.221 e. The second kappa shape index (κ2) is 5.91. The fraction of sp³-hybridized carbons (Fsp3) is 0.636. The van der Waals surface area contributed by atoms with Crippen molar-refractivity contribution < 1.29 is 0 Å². The highest BCUT2D eigenvalue weighted by Crippen LogP contribution is 2.33. The van der Waals surface area contributed by atoms with Crippen LogP contribution in [0.15, 0.2) is 10.7 Å². The molecule has 0 saturated heterocycles. The van der Waals surface area contributed by atoms with Crippen LogP contribution in [0.4, 0.5) is 11.8 Å². The normalized spacial score (nSPS) is 23.9. The standard InChI is InChI=1S/C11H17BrN4S/c1-2-17-9-5-3-4-8(9)15-10-7(12)6-14-11(13)16-10/h6,8-9H,2-5H2,1H3,(H3,13,14,15,16). The molecule has 17 heavy (non-hydrogen) atoms. The maximum Gasteiger partial charge on any atom is 0.221 e. The third-order valence-corrected chi connectivity index (χ3v) is 4.82. The van der Waals surface area contributed by atoms with E-state index >= 15 is 0 Å². The van der Waals surface area contributed by atoms with Gasteiger partial charge in [-0.3, -0.25) is 0 Å². The van der Waals surface area contributed by atoms with Gasteiger partial charge in [0, 0.05) is 17.5 Å². The third kappa shape index (κ3) is 3.25. The van der Waals surface area contributed by atoms with Crippen LogP contribution >= 0.6 is 27.7 Å². The Kier molecular flexibility index (Phi) is 4.50. The van der Waals surface area contributed by atoms with Gasteiger partial charge in [0.15, 0.2) is 0 Å². The second-order valence-electron chi connectivity index (χ2n) is 4.10. The number of anilines is 2. The molecule has 1 aromatic heterocycles. The molecule has 0 radical (unpaired) electrons. The van der Waals surface area contributed by atoms with E-state index in [0.717, 1.165) is 16.0 Å². The summed E-state index contributed by atoms with van der Waals surface area (Å²) in [6.45, 7) is 2.21. The van der Waals surface area contributed by atoms with Crippen molar-refractivity contribution in [2.45, 2.75) is 37.5 Å². The first-order valence-corrected chi connectivity index (χ1v) is 7.71. The van der Waals surface area contributed by atoms with Gasteiger partial charge < -0.3 is 11.1 Å². The van der Waals surface area contributed by atoms with Crippen LogP contribution < -0.4 is 11.1 Å². The van der Waals surface area contributed by atoms with E-state index in [1.54, 1.807) is 6.20 Å². The molecule has 1 aliphatic rings. The molecule has 1 fully saturated rings. The zero-order valence-corrected chi connectivity index (χ0v) is 12.2. The van der Waals surface area contributed by atoms with E-state index in [0.29, 0.717) is 17.2 Å². The second-order valence-corrected chi connectivity index (χ2v) is 6.47. The van der Waals surface area contributed by atoms with Crippen LogP contribution in [0.3, 0.4) is 0 Å². The van der Waals surface area contributed by atoms with Gasteiger partial charge in [0.25, 0.3) is 0 Å². The molecule has 1 aromatic rings. The van der Waals surface area contributed by atoms with Crippen molar-refractivity contribution in [3.8, 4) is 0 Å². The van der Waals surface area contributed by atoms with Gasteiger partial charge >= 0.3 is 0 Å². The molecule has 3 N–H and O–H groups in total. The lowest BCUT2D eigenvalue weighted by atomic mass is 10.2. The Labute approximate surface area is 114 Å². The first kappa shape index (κ1) is 13.0. The number of hydrogen-bond donors (Lipinski definition) is 2. The van der Waals surface area contributed by atoms with E-state index in [9.17, 15) is 0 Å². The Morgan fingerprint density at radius 1 is 1.59 bits per heavy atom. The molecule has 6 heteroatoms. The summed E-state index contributed by atoms with van der Waals surface area (Å²) in [5.74, 6) is 2.29. The van der Waals surface area contributed by atoms with Crippen molar-refractivity contribution in [3.05, 3.63) is 10.7 Å². The van der Waals surface area contributed by atoms with Crippen molar-refractivity contribution >= 4 is 39.5 Å². The predicted molar refractivity (Wildman–Crippen MR) is 77.3 cm³/mol. The Balaban J connectivity index is 2.06. The minimum Gasteiger partial charge on any atom is -0.368 e.